The lowest BCUT2D eigenvalue weighted by Crippen LogP contribution is -2.38. The maximum absolute atomic E-state index is 12.3. The minimum Gasteiger partial charge on any atom is -0.496 e. The van der Waals surface area contributed by atoms with Crippen molar-refractivity contribution in [1.82, 2.24) is 10.2 Å². The molecule has 1 aliphatic heterocycles. The van der Waals surface area contributed by atoms with Gasteiger partial charge in [0.15, 0.2) is 5.78 Å². The molecule has 1 saturated heterocycles. The van der Waals surface area contributed by atoms with Crippen molar-refractivity contribution in [1.29, 1.82) is 0 Å². The molecule has 2 rings (SSSR count). The predicted molar refractivity (Wildman–Crippen MR) is 95.6 cm³/mol. The third-order valence-corrected chi connectivity index (χ3v) is 4.50. The topological polar surface area (TPSA) is 58.6 Å². The Hall–Kier alpha value is -1.11. The van der Waals surface area contributed by atoms with Crippen molar-refractivity contribution in [3.63, 3.8) is 0 Å². The van der Waals surface area contributed by atoms with Crippen molar-refractivity contribution >= 4 is 40.0 Å². The lowest BCUT2D eigenvalue weighted by molar-refractivity contribution is -0.131. The Bertz CT molecular complexity index is 562. The third-order valence-electron chi connectivity index (χ3n) is 4.00. The van der Waals surface area contributed by atoms with Gasteiger partial charge in [0.1, 0.15) is 5.75 Å². The molecule has 1 heterocycles. The van der Waals surface area contributed by atoms with Crippen molar-refractivity contribution in [2.75, 3.05) is 27.2 Å². The molecule has 23 heavy (non-hydrogen) atoms. The number of carbonyl (C=O) groups is 2. The van der Waals surface area contributed by atoms with E-state index in [2.05, 4.69) is 21.2 Å². The summed E-state index contributed by atoms with van der Waals surface area (Å²) in [6.45, 7) is 1.77. The normalized spacial score (nSPS) is 16.6. The molecule has 0 aliphatic carbocycles. The number of Topliss-reactive ketones (excluding diaryl/α,β-unsaturated/α-hetero) is 1. The number of amides is 1. The van der Waals surface area contributed by atoms with E-state index in [1.807, 2.05) is 13.1 Å². The number of hydrogen-bond donors (Lipinski definition) is 1. The molecule has 5 nitrogen and oxygen atoms in total. The maximum atomic E-state index is 12.3. The molecule has 7 heteroatoms. The third kappa shape index (κ3) is 5.19. The highest BCUT2D eigenvalue weighted by Crippen LogP contribution is 2.24. The van der Waals surface area contributed by atoms with Crippen molar-refractivity contribution in [2.24, 2.45) is 0 Å². The molecule has 1 aromatic carbocycles. The number of ether oxygens (including phenoxy) is 1. The highest BCUT2D eigenvalue weighted by molar-refractivity contribution is 9.10. The van der Waals surface area contributed by atoms with Crippen LogP contribution in [-0.2, 0) is 4.79 Å². The first-order chi connectivity index (χ1) is 10.5. The van der Waals surface area contributed by atoms with Crippen LogP contribution in [0.3, 0.4) is 0 Å². The number of methoxy groups -OCH3 is 1. The summed E-state index contributed by atoms with van der Waals surface area (Å²) in [6, 6.07) is 5.54. The zero-order valence-corrected chi connectivity index (χ0v) is 15.7. The van der Waals surface area contributed by atoms with Gasteiger partial charge in [-0.25, -0.2) is 0 Å². The summed E-state index contributed by atoms with van der Waals surface area (Å²) in [4.78, 5) is 26.3. The summed E-state index contributed by atoms with van der Waals surface area (Å²) >= 11 is 3.35. The van der Waals surface area contributed by atoms with Gasteiger partial charge in [0.05, 0.1) is 12.7 Å². The van der Waals surface area contributed by atoms with Crippen LogP contribution in [0.1, 0.15) is 29.6 Å². The minimum absolute atomic E-state index is 0. The van der Waals surface area contributed by atoms with Gasteiger partial charge in [-0.3, -0.25) is 9.59 Å². The highest BCUT2D eigenvalue weighted by Gasteiger charge is 2.23. The SMILES string of the molecule is COc1ccc(Br)cc1C(=O)CCC(=O)N(C)C1CCNC1.Cl. The second kappa shape index (κ2) is 9.25. The van der Waals surface area contributed by atoms with Gasteiger partial charge < -0.3 is 15.0 Å². The average molecular weight is 406 g/mol. The maximum Gasteiger partial charge on any atom is 0.223 e. The first-order valence-electron chi connectivity index (χ1n) is 7.36. The standard InChI is InChI=1S/C16H21BrN2O3.ClH/c1-19(12-7-8-18-10-12)16(21)6-4-14(20)13-9-11(17)3-5-15(13)22-2;/h3,5,9,12,18H,4,6-8,10H2,1-2H3;1H. The molecule has 1 aliphatic rings. The molecule has 1 N–H and O–H groups in total. The Morgan fingerprint density at radius 1 is 1.39 bits per heavy atom. The average Bonchev–Trinajstić information content (AvgIpc) is 3.05. The van der Waals surface area contributed by atoms with Gasteiger partial charge in [-0.05, 0) is 31.2 Å². The fourth-order valence-electron chi connectivity index (χ4n) is 2.60. The molecule has 128 valence electrons. The Morgan fingerprint density at radius 3 is 2.74 bits per heavy atom. The highest BCUT2D eigenvalue weighted by atomic mass is 79.9. The quantitative estimate of drug-likeness (QED) is 0.739. The molecule has 1 amide bonds. The Labute approximate surface area is 151 Å². The van der Waals surface area contributed by atoms with Crippen LogP contribution in [-0.4, -0.2) is 49.9 Å². The van der Waals surface area contributed by atoms with E-state index >= 15 is 0 Å². The zero-order chi connectivity index (χ0) is 16.1. The van der Waals surface area contributed by atoms with Crippen LogP contribution < -0.4 is 10.1 Å². The Morgan fingerprint density at radius 2 is 2.13 bits per heavy atom. The molecule has 0 radical (unpaired) electrons. The van der Waals surface area contributed by atoms with Crippen LogP contribution >= 0.6 is 28.3 Å². The minimum atomic E-state index is -0.0792. The van der Waals surface area contributed by atoms with Gasteiger partial charge in [0, 0.05) is 36.9 Å². The first-order valence-corrected chi connectivity index (χ1v) is 8.15. The van der Waals surface area contributed by atoms with Gasteiger partial charge in [0.25, 0.3) is 0 Å². The predicted octanol–water partition coefficient (Wildman–Crippen LogP) is 2.66. The second-order valence-electron chi connectivity index (χ2n) is 5.42. The second-order valence-corrected chi connectivity index (χ2v) is 6.33. The van der Waals surface area contributed by atoms with E-state index in [4.69, 9.17) is 4.74 Å². The summed E-state index contributed by atoms with van der Waals surface area (Å²) in [7, 11) is 3.34. The van der Waals surface area contributed by atoms with Crippen LogP contribution in [0.4, 0.5) is 0 Å². The number of benzene rings is 1. The number of likely N-dealkylation sites (N-methyl/N-ethyl adjacent to an activating group) is 1. The van der Waals surface area contributed by atoms with Gasteiger partial charge in [0.2, 0.25) is 5.91 Å². The van der Waals surface area contributed by atoms with Crippen molar-refractivity contribution in [2.45, 2.75) is 25.3 Å². The molecule has 0 spiro atoms. The number of halogens is 2. The number of nitrogens with zero attached hydrogens (tertiary/aromatic N) is 1. The summed E-state index contributed by atoms with van der Waals surface area (Å²) in [5.41, 5.74) is 0.509. The van der Waals surface area contributed by atoms with Crippen molar-refractivity contribution in [3.8, 4) is 5.75 Å². The summed E-state index contributed by atoms with van der Waals surface area (Å²) in [5.74, 6) is 0.467. The monoisotopic (exact) mass is 404 g/mol. The summed E-state index contributed by atoms with van der Waals surface area (Å²) < 4.78 is 6.03. The van der Waals surface area contributed by atoms with E-state index in [0.717, 1.165) is 24.0 Å². The van der Waals surface area contributed by atoms with Gasteiger partial charge in [-0.15, -0.1) is 12.4 Å². The Balaban J connectivity index is 0.00000264. The summed E-state index contributed by atoms with van der Waals surface area (Å²) in [6.07, 6.45) is 1.38. The van der Waals surface area contributed by atoms with E-state index in [0.29, 0.717) is 11.3 Å². The molecular weight excluding hydrogens is 384 g/mol. The first kappa shape index (κ1) is 19.9. The van der Waals surface area contributed by atoms with Crippen LogP contribution in [0.15, 0.2) is 22.7 Å². The molecule has 0 aromatic heterocycles. The number of carbonyl (C=O) groups excluding carboxylic acids is 2. The number of ketones is 1. The largest absolute Gasteiger partial charge is 0.496 e. The molecule has 0 bridgehead atoms. The van der Waals surface area contributed by atoms with Crippen LogP contribution in [0.25, 0.3) is 0 Å². The summed E-state index contributed by atoms with van der Waals surface area (Å²) in [5, 5.41) is 3.24. The van der Waals surface area contributed by atoms with E-state index in [1.165, 1.54) is 7.11 Å². The molecule has 1 aromatic rings. The smallest absolute Gasteiger partial charge is 0.223 e. The fraction of sp³-hybridized carbons (Fsp3) is 0.500. The van der Waals surface area contributed by atoms with E-state index in [1.54, 1.807) is 17.0 Å². The van der Waals surface area contributed by atoms with E-state index in [9.17, 15) is 9.59 Å². The lowest BCUT2D eigenvalue weighted by atomic mass is 10.0. The Kier molecular flexibility index (Phi) is 8.02. The molecule has 1 fully saturated rings. The molecule has 1 unspecified atom stereocenters. The van der Waals surface area contributed by atoms with Gasteiger partial charge in [-0.1, -0.05) is 15.9 Å². The fourth-order valence-corrected chi connectivity index (χ4v) is 2.96. The van der Waals surface area contributed by atoms with Gasteiger partial charge in [-0.2, -0.15) is 0 Å². The van der Waals surface area contributed by atoms with Crippen molar-refractivity contribution < 1.29 is 14.3 Å². The van der Waals surface area contributed by atoms with E-state index in [-0.39, 0.29) is 43.0 Å². The van der Waals surface area contributed by atoms with Crippen LogP contribution in [0.5, 0.6) is 5.75 Å². The van der Waals surface area contributed by atoms with Gasteiger partial charge >= 0.3 is 0 Å². The lowest BCUT2D eigenvalue weighted by Gasteiger charge is -2.23. The number of hydrogen-bond acceptors (Lipinski definition) is 4. The number of rotatable bonds is 6. The number of nitrogens with one attached hydrogen (secondary N) is 1. The van der Waals surface area contributed by atoms with E-state index < -0.39 is 0 Å². The molecular formula is C16H22BrClN2O3. The van der Waals surface area contributed by atoms with Crippen LogP contribution in [0.2, 0.25) is 0 Å². The molecule has 0 saturated carbocycles. The zero-order valence-electron chi connectivity index (χ0n) is 13.3. The van der Waals surface area contributed by atoms with Crippen LogP contribution in [0, 0.1) is 0 Å². The van der Waals surface area contributed by atoms with Crippen molar-refractivity contribution in [3.05, 3.63) is 28.2 Å². The molecule has 1 atom stereocenters.